The zero-order valence-corrected chi connectivity index (χ0v) is 11.8. The van der Waals surface area contributed by atoms with Crippen LogP contribution in [0.2, 0.25) is 0 Å². The smallest absolute Gasteiger partial charge is 0.0112 e. The van der Waals surface area contributed by atoms with Gasteiger partial charge in [-0.15, -0.1) is 11.3 Å². The summed E-state index contributed by atoms with van der Waals surface area (Å²) >= 11 is 1.87. The lowest BCUT2D eigenvalue weighted by Gasteiger charge is -2.25. The Morgan fingerprint density at radius 1 is 1.59 bits per heavy atom. The average molecular weight is 252 g/mol. The molecule has 0 aliphatic carbocycles. The van der Waals surface area contributed by atoms with Crippen molar-refractivity contribution in [1.82, 2.24) is 10.2 Å². The molecule has 1 aromatic rings. The molecule has 2 heterocycles. The van der Waals surface area contributed by atoms with Crippen LogP contribution in [0.1, 0.15) is 31.1 Å². The third-order valence-corrected chi connectivity index (χ3v) is 4.72. The van der Waals surface area contributed by atoms with E-state index in [1.165, 1.54) is 43.6 Å². The van der Waals surface area contributed by atoms with Crippen LogP contribution in [0.15, 0.2) is 17.5 Å². The number of rotatable bonds is 6. The van der Waals surface area contributed by atoms with Crippen LogP contribution in [0, 0.1) is 0 Å². The zero-order valence-electron chi connectivity index (χ0n) is 11.0. The normalized spacial score (nSPS) is 22.2. The maximum Gasteiger partial charge on any atom is 0.0112 e. The molecule has 96 valence electrons. The highest BCUT2D eigenvalue weighted by molar-refractivity contribution is 7.09. The molecule has 0 amide bonds. The largest absolute Gasteiger partial charge is 0.314 e. The van der Waals surface area contributed by atoms with Gasteiger partial charge in [-0.1, -0.05) is 6.07 Å². The van der Waals surface area contributed by atoms with Gasteiger partial charge in [-0.25, -0.2) is 0 Å². The molecule has 0 aromatic carbocycles. The van der Waals surface area contributed by atoms with Gasteiger partial charge in [-0.3, -0.25) is 0 Å². The van der Waals surface area contributed by atoms with E-state index in [0.717, 1.165) is 6.04 Å². The SMILES string of the molecule is CC(Cc1cccs1)N(C)CCC1CCCN1. The lowest BCUT2D eigenvalue weighted by molar-refractivity contribution is 0.245. The Morgan fingerprint density at radius 3 is 3.12 bits per heavy atom. The molecule has 1 aliphatic heterocycles. The third-order valence-electron chi connectivity index (χ3n) is 3.82. The summed E-state index contributed by atoms with van der Waals surface area (Å²) in [7, 11) is 2.26. The van der Waals surface area contributed by atoms with Gasteiger partial charge in [0.2, 0.25) is 0 Å². The number of hydrogen-bond acceptors (Lipinski definition) is 3. The number of thiophene rings is 1. The van der Waals surface area contributed by atoms with Crippen LogP contribution < -0.4 is 5.32 Å². The van der Waals surface area contributed by atoms with Crippen molar-refractivity contribution in [3.8, 4) is 0 Å². The van der Waals surface area contributed by atoms with Crippen molar-refractivity contribution in [1.29, 1.82) is 0 Å². The first kappa shape index (κ1) is 13.1. The van der Waals surface area contributed by atoms with Crippen molar-refractivity contribution < 1.29 is 0 Å². The fraction of sp³-hybridized carbons (Fsp3) is 0.714. The van der Waals surface area contributed by atoms with E-state index in [1.807, 2.05) is 11.3 Å². The quantitative estimate of drug-likeness (QED) is 0.837. The Balaban J connectivity index is 1.69. The van der Waals surface area contributed by atoms with Gasteiger partial charge >= 0.3 is 0 Å². The van der Waals surface area contributed by atoms with E-state index < -0.39 is 0 Å². The van der Waals surface area contributed by atoms with Gasteiger partial charge in [0, 0.05) is 17.0 Å². The fourth-order valence-corrected chi connectivity index (χ4v) is 3.29. The van der Waals surface area contributed by atoms with Crippen LogP contribution in [-0.2, 0) is 6.42 Å². The summed E-state index contributed by atoms with van der Waals surface area (Å²) in [6.45, 7) is 4.77. The van der Waals surface area contributed by atoms with Gasteiger partial charge in [0.15, 0.2) is 0 Å². The molecule has 2 unspecified atom stereocenters. The van der Waals surface area contributed by atoms with Crippen molar-refractivity contribution in [3.63, 3.8) is 0 Å². The first-order valence-corrected chi connectivity index (χ1v) is 7.59. The summed E-state index contributed by atoms with van der Waals surface area (Å²) in [4.78, 5) is 4.00. The second kappa shape index (κ2) is 6.53. The molecule has 1 fully saturated rings. The van der Waals surface area contributed by atoms with E-state index in [-0.39, 0.29) is 0 Å². The Morgan fingerprint density at radius 2 is 2.47 bits per heavy atom. The summed E-state index contributed by atoms with van der Waals surface area (Å²) < 4.78 is 0. The summed E-state index contributed by atoms with van der Waals surface area (Å²) in [6, 6.07) is 5.81. The molecule has 0 radical (unpaired) electrons. The highest BCUT2D eigenvalue weighted by Crippen LogP contribution is 2.15. The van der Waals surface area contributed by atoms with Crippen LogP contribution >= 0.6 is 11.3 Å². The number of nitrogens with zero attached hydrogens (tertiary/aromatic N) is 1. The molecule has 1 aromatic heterocycles. The maximum atomic E-state index is 3.57. The van der Waals surface area contributed by atoms with Crippen LogP contribution in [0.5, 0.6) is 0 Å². The second-order valence-electron chi connectivity index (χ2n) is 5.20. The van der Waals surface area contributed by atoms with Crippen molar-refractivity contribution in [2.75, 3.05) is 20.1 Å². The molecule has 17 heavy (non-hydrogen) atoms. The summed E-state index contributed by atoms with van der Waals surface area (Å²) in [6.07, 6.45) is 5.21. The Hall–Kier alpha value is -0.380. The molecule has 2 rings (SSSR count). The van der Waals surface area contributed by atoms with E-state index in [1.54, 1.807) is 0 Å². The van der Waals surface area contributed by atoms with E-state index in [0.29, 0.717) is 6.04 Å². The Labute approximate surface area is 109 Å². The van der Waals surface area contributed by atoms with Crippen molar-refractivity contribution in [2.24, 2.45) is 0 Å². The molecule has 3 heteroatoms. The standard InChI is InChI=1S/C14H24N2S/c1-12(11-14-6-4-10-17-14)16(2)9-7-13-5-3-8-15-13/h4,6,10,12-13,15H,3,5,7-9,11H2,1-2H3. The van der Waals surface area contributed by atoms with Crippen LogP contribution in [0.25, 0.3) is 0 Å². The summed E-state index contributed by atoms with van der Waals surface area (Å²) in [5, 5.41) is 5.74. The minimum absolute atomic E-state index is 0.648. The number of hydrogen-bond donors (Lipinski definition) is 1. The fourth-order valence-electron chi connectivity index (χ4n) is 2.46. The Bertz CT molecular complexity index is 304. The van der Waals surface area contributed by atoms with Gasteiger partial charge in [0.25, 0.3) is 0 Å². The molecule has 0 saturated carbocycles. The van der Waals surface area contributed by atoms with Gasteiger partial charge in [-0.05, 0) is 64.2 Å². The van der Waals surface area contributed by atoms with Gasteiger partial charge in [0.1, 0.15) is 0 Å². The predicted octanol–water partition coefficient (Wildman–Crippen LogP) is 2.75. The van der Waals surface area contributed by atoms with E-state index in [2.05, 4.69) is 41.7 Å². The molecular weight excluding hydrogens is 228 g/mol. The van der Waals surface area contributed by atoms with E-state index in [4.69, 9.17) is 0 Å². The van der Waals surface area contributed by atoms with Gasteiger partial charge in [0.05, 0.1) is 0 Å². The molecule has 2 atom stereocenters. The number of nitrogens with one attached hydrogen (secondary N) is 1. The molecule has 1 N–H and O–H groups in total. The van der Waals surface area contributed by atoms with Crippen LogP contribution in [-0.4, -0.2) is 37.1 Å². The minimum atomic E-state index is 0.648. The van der Waals surface area contributed by atoms with Crippen molar-refractivity contribution in [3.05, 3.63) is 22.4 Å². The second-order valence-corrected chi connectivity index (χ2v) is 6.23. The van der Waals surface area contributed by atoms with Gasteiger partial charge < -0.3 is 10.2 Å². The summed E-state index contributed by atoms with van der Waals surface area (Å²) in [5.41, 5.74) is 0. The van der Waals surface area contributed by atoms with Crippen LogP contribution in [0.4, 0.5) is 0 Å². The lowest BCUT2D eigenvalue weighted by Crippen LogP contribution is -2.34. The monoisotopic (exact) mass is 252 g/mol. The van der Waals surface area contributed by atoms with Crippen LogP contribution in [0.3, 0.4) is 0 Å². The van der Waals surface area contributed by atoms with E-state index >= 15 is 0 Å². The van der Waals surface area contributed by atoms with Crippen molar-refractivity contribution >= 4 is 11.3 Å². The maximum absolute atomic E-state index is 3.57. The van der Waals surface area contributed by atoms with Crippen molar-refractivity contribution in [2.45, 2.75) is 44.7 Å². The average Bonchev–Trinajstić information content (AvgIpc) is 2.98. The molecule has 0 bridgehead atoms. The third kappa shape index (κ3) is 4.09. The highest BCUT2D eigenvalue weighted by Gasteiger charge is 2.16. The number of likely N-dealkylation sites (N-methyl/N-ethyl adjacent to an activating group) is 1. The topological polar surface area (TPSA) is 15.3 Å². The lowest BCUT2D eigenvalue weighted by atomic mass is 10.1. The minimum Gasteiger partial charge on any atom is -0.314 e. The Kier molecular flexibility index (Phi) is 5.01. The molecular formula is C14H24N2S. The zero-order chi connectivity index (χ0) is 12.1. The summed E-state index contributed by atoms with van der Waals surface area (Å²) in [5.74, 6) is 0. The van der Waals surface area contributed by atoms with E-state index in [9.17, 15) is 0 Å². The predicted molar refractivity (Wildman–Crippen MR) is 75.8 cm³/mol. The molecule has 1 aliphatic rings. The molecule has 1 saturated heterocycles. The molecule has 2 nitrogen and oxygen atoms in total. The van der Waals surface area contributed by atoms with Gasteiger partial charge in [-0.2, -0.15) is 0 Å². The first-order chi connectivity index (χ1) is 8.25. The first-order valence-electron chi connectivity index (χ1n) is 6.71. The molecule has 0 spiro atoms. The highest BCUT2D eigenvalue weighted by atomic mass is 32.1.